The van der Waals surface area contributed by atoms with Crippen LogP contribution in [0.25, 0.3) is 21.8 Å². The average Bonchev–Trinajstić information content (AvgIpc) is 3.12. The van der Waals surface area contributed by atoms with E-state index in [0.29, 0.717) is 5.69 Å². The lowest BCUT2D eigenvalue weighted by atomic mass is 10.0. The van der Waals surface area contributed by atoms with Gasteiger partial charge in [0.15, 0.2) is 5.84 Å². The maximum absolute atomic E-state index is 8.91. The number of anilines is 1. The van der Waals surface area contributed by atoms with E-state index in [0.717, 1.165) is 21.8 Å². The number of aryl methyl sites for hydroxylation is 2. The molecule has 0 unspecified atom stereocenters. The van der Waals surface area contributed by atoms with E-state index in [2.05, 4.69) is 48.0 Å². The van der Waals surface area contributed by atoms with Crippen molar-refractivity contribution >= 4 is 28.6 Å². The van der Waals surface area contributed by atoms with Crippen LogP contribution in [0.15, 0.2) is 52.9 Å². The fourth-order valence-corrected chi connectivity index (χ4v) is 3.44. The molecule has 0 saturated carbocycles. The van der Waals surface area contributed by atoms with Crippen LogP contribution < -0.4 is 11.2 Å². The molecule has 0 amide bonds. The zero-order valence-corrected chi connectivity index (χ0v) is 15.8. The number of benzene rings is 2. The van der Waals surface area contributed by atoms with Crippen molar-refractivity contribution in [2.24, 2.45) is 10.8 Å². The van der Waals surface area contributed by atoms with Gasteiger partial charge in [0.1, 0.15) is 11.1 Å². The maximum Gasteiger partial charge on any atom is 0.201 e. The molecule has 134 valence electrons. The Morgan fingerprint density at radius 3 is 2.78 bits per heavy atom. The first-order valence-electron chi connectivity index (χ1n) is 8.19. The highest BCUT2D eigenvalue weighted by Gasteiger charge is 2.09. The zero-order chi connectivity index (χ0) is 19.4. The van der Waals surface area contributed by atoms with Crippen molar-refractivity contribution in [3.05, 3.63) is 59.0 Å². The molecular weight excluding hydrogens is 356 g/mol. The molecule has 4 N–H and O–H groups in total. The molecule has 0 bridgehead atoms. The lowest BCUT2D eigenvalue weighted by Gasteiger charge is -2.04. The molecule has 0 saturated heterocycles. The molecule has 1 aromatic heterocycles. The van der Waals surface area contributed by atoms with Gasteiger partial charge in [-0.05, 0) is 31.5 Å². The normalized spacial score (nSPS) is 11.1. The van der Waals surface area contributed by atoms with Crippen molar-refractivity contribution in [1.29, 1.82) is 10.7 Å². The van der Waals surface area contributed by atoms with Crippen molar-refractivity contribution in [2.45, 2.75) is 13.8 Å². The lowest BCUT2D eigenvalue weighted by molar-refractivity contribution is 1.32. The van der Waals surface area contributed by atoms with Gasteiger partial charge in [0.05, 0.1) is 11.4 Å². The largest absolute Gasteiger partial charge is 0.382 e. The molecule has 0 radical (unpaired) electrons. The molecule has 2 aromatic carbocycles. The van der Waals surface area contributed by atoms with Crippen molar-refractivity contribution in [3.8, 4) is 27.9 Å². The molecule has 27 heavy (non-hydrogen) atoms. The van der Waals surface area contributed by atoms with Crippen LogP contribution in [0.2, 0.25) is 0 Å². The van der Waals surface area contributed by atoms with Gasteiger partial charge >= 0.3 is 0 Å². The minimum absolute atomic E-state index is 0.160. The minimum Gasteiger partial charge on any atom is -0.382 e. The number of thiazole rings is 1. The quantitative estimate of drug-likeness (QED) is 0.351. The number of nitrogens with one attached hydrogen (secondary N) is 2. The van der Waals surface area contributed by atoms with E-state index < -0.39 is 0 Å². The van der Waals surface area contributed by atoms with Gasteiger partial charge in [-0.15, -0.1) is 11.3 Å². The highest BCUT2D eigenvalue weighted by molar-refractivity contribution is 7.13. The number of nitrogens with zero attached hydrogens (tertiary/aromatic N) is 3. The predicted octanol–water partition coefficient (Wildman–Crippen LogP) is 4.32. The number of aromatic nitrogens is 1. The van der Waals surface area contributed by atoms with Gasteiger partial charge < -0.3 is 5.73 Å². The highest BCUT2D eigenvalue weighted by Crippen LogP contribution is 2.31. The number of hydrazone groups is 1. The molecular formula is C20H18N6S. The fourth-order valence-electron chi connectivity index (χ4n) is 2.62. The van der Waals surface area contributed by atoms with Crippen LogP contribution >= 0.6 is 11.3 Å². The second-order valence-corrected chi connectivity index (χ2v) is 6.89. The highest BCUT2D eigenvalue weighted by atomic mass is 32.1. The predicted molar refractivity (Wildman–Crippen MR) is 111 cm³/mol. The second-order valence-electron chi connectivity index (χ2n) is 6.03. The maximum atomic E-state index is 8.91. The van der Waals surface area contributed by atoms with Crippen molar-refractivity contribution < 1.29 is 0 Å². The summed E-state index contributed by atoms with van der Waals surface area (Å²) in [7, 11) is 0. The van der Waals surface area contributed by atoms with Crippen LogP contribution in [0, 0.1) is 30.6 Å². The zero-order valence-electron chi connectivity index (χ0n) is 14.9. The summed E-state index contributed by atoms with van der Waals surface area (Å²) in [5.41, 5.74) is 14.0. The van der Waals surface area contributed by atoms with Gasteiger partial charge in [0.2, 0.25) is 5.71 Å². The fraction of sp³-hybridized carbons (Fsp3) is 0.100. The summed E-state index contributed by atoms with van der Waals surface area (Å²) < 4.78 is 0. The van der Waals surface area contributed by atoms with Gasteiger partial charge in [-0.3, -0.25) is 10.8 Å². The first kappa shape index (κ1) is 18.3. The molecule has 0 aliphatic heterocycles. The van der Waals surface area contributed by atoms with Gasteiger partial charge in [0, 0.05) is 16.5 Å². The van der Waals surface area contributed by atoms with Crippen molar-refractivity contribution in [1.82, 2.24) is 4.98 Å². The van der Waals surface area contributed by atoms with E-state index in [4.69, 9.17) is 21.4 Å². The third-order valence-corrected chi connectivity index (χ3v) is 4.82. The summed E-state index contributed by atoms with van der Waals surface area (Å²) in [5, 5.41) is 23.0. The third-order valence-electron chi connectivity index (χ3n) is 3.93. The van der Waals surface area contributed by atoms with Crippen LogP contribution in [-0.2, 0) is 0 Å². The van der Waals surface area contributed by atoms with E-state index >= 15 is 0 Å². The van der Waals surface area contributed by atoms with Gasteiger partial charge in [0.25, 0.3) is 0 Å². The first-order valence-corrected chi connectivity index (χ1v) is 9.07. The summed E-state index contributed by atoms with van der Waals surface area (Å²) in [6, 6.07) is 15.7. The number of hydrogen-bond donors (Lipinski definition) is 3. The Balaban J connectivity index is 1.87. The van der Waals surface area contributed by atoms with Crippen LogP contribution in [0.3, 0.4) is 0 Å². The SMILES string of the molecule is Cc1ccc(-c2csc(-c3cccc(N/N=C(\C#N)C(=N)N)c3)n2)c(C)c1. The Bertz CT molecular complexity index is 1070. The molecule has 7 heteroatoms. The lowest BCUT2D eigenvalue weighted by Crippen LogP contribution is -2.21. The molecule has 0 atom stereocenters. The van der Waals surface area contributed by atoms with E-state index in [-0.39, 0.29) is 11.5 Å². The average molecular weight is 374 g/mol. The van der Waals surface area contributed by atoms with Crippen LogP contribution in [0.1, 0.15) is 11.1 Å². The van der Waals surface area contributed by atoms with Crippen molar-refractivity contribution in [3.63, 3.8) is 0 Å². The minimum atomic E-state index is -0.376. The molecule has 3 rings (SSSR count). The number of hydrogen-bond acceptors (Lipinski definition) is 6. The first-order chi connectivity index (χ1) is 13.0. The van der Waals surface area contributed by atoms with E-state index in [1.165, 1.54) is 11.1 Å². The van der Waals surface area contributed by atoms with Gasteiger partial charge in [-0.25, -0.2) is 4.98 Å². The molecule has 0 spiro atoms. The summed E-state index contributed by atoms with van der Waals surface area (Å²) in [6.45, 7) is 4.17. The Labute approximate surface area is 161 Å². The Kier molecular flexibility index (Phi) is 5.29. The number of amidine groups is 1. The number of rotatable bonds is 5. The Morgan fingerprint density at radius 1 is 1.26 bits per heavy atom. The number of nitriles is 1. The molecule has 6 nitrogen and oxygen atoms in total. The summed E-state index contributed by atoms with van der Waals surface area (Å²) in [6.07, 6.45) is 0. The van der Waals surface area contributed by atoms with Gasteiger partial charge in [-0.2, -0.15) is 10.4 Å². The van der Waals surface area contributed by atoms with Crippen LogP contribution in [0.4, 0.5) is 5.69 Å². The van der Waals surface area contributed by atoms with Gasteiger partial charge in [-0.1, -0.05) is 35.9 Å². The molecule has 0 aliphatic rings. The summed E-state index contributed by atoms with van der Waals surface area (Å²) >= 11 is 1.57. The van der Waals surface area contributed by atoms with Crippen LogP contribution in [-0.4, -0.2) is 16.5 Å². The Morgan fingerprint density at radius 2 is 2.07 bits per heavy atom. The summed E-state index contributed by atoms with van der Waals surface area (Å²) in [5.74, 6) is -0.376. The molecule has 3 aromatic rings. The second kappa shape index (κ2) is 7.81. The standard InChI is InChI=1S/C20H18N6S/c1-12-6-7-16(13(2)8-12)18-11-27-20(24-18)14-4-3-5-15(9-14)25-26-17(10-21)19(22)23/h3-9,11,25H,1-2H3,(H3,22,23)/b26-17+. The monoisotopic (exact) mass is 374 g/mol. The molecule has 0 fully saturated rings. The van der Waals surface area contributed by atoms with E-state index in [1.54, 1.807) is 17.4 Å². The third kappa shape index (κ3) is 4.19. The molecule has 1 heterocycles. The summed E-state index contributed by atoms with van der Waals surface area (Å²) in [4.78, 5) is 4.77. The Hall–Kier alpha value is -3.50. The molecule has 0 aliphatic carbocycles. The van der Waals surface area contributed by atoms with Crippen molar-refractivity contribution in [2.75, 3.05) is 5.43 Å². The topological polar surface area (TPSA) is 111 Å². The van der Waals surface area contributed by atoms with E-state index in [1.807, 2.05) is 24.3 Å². The van der Waals surface area contributed by atoms with E-state index in [9.17, 15) is 0 Å². The smallest absolute Gasteiger partial charge is 0.201 e. The van der Waals surface area contributed by atoms with Crippen LogP contribution in [0.5, 0.6) is 0 Å². The number of nitrogens with two attached hydrogens (primary N) is 1.